The van der Waals surface area contributed by atoms with Crippen molar-refractivity contribution in [2.75, 3.05) is 33.3 Å². The standard InChI is InChI=1S/C22H32N2O5/c1-5-28-22(27)18-9-11-24(12-10-18)21(26)15-23(4)20(25)14-17-7-6-8-19(13-17)29-16(2)3/h6-8,13,16,18H,5,9-12,14-15H2,1-4H3. The van der Waals surface area contributed by atoms with E-state index in [1.165, 1.54) is 4.90 Å². The number of amides is 2. The van der Waals surface area contributed by atoms with Crippen molar-refractivity contribution in [2.24, 2.45) is 5.92 Å². The van der Waals surface area contributed by atoms with E-state index in [0.717, 1.165) is 11.3 Å². The molecule has 2 amide bonds. The average Bonchev–Trinajstić information content (AvgIpc) is 2.68. The summed E-state index contributed by atoms with van der Waals surface area (Å²) in [5, 5.41) is 0. The van der Waals surface area contributed by atoms with Gasteiger partial charge in [-0.05, 0) is 51.3 Å². The van der Waals surface area contributed by atoms with Gasteiger partial charge in [-0.2, -0.15) is 0 Å². The van der Waals surface area contributed by atoms with Crippen LogP contribution in [0.2, 0.25) is 0 Å². The molecule has 1 aliphatic rings. The van der Waals surface area contributed by atoms with Crippen molar-refractivity contribution in [2.45, 2.75) is 46.1 Å². The van der Waals surface area contributed by atoms with Gasteiger partial charge < -0.3 is 19.3 Å². The zero-order chi connectivity index (χ0) is 21.4. The van der Waals surface area contributed by atoms with Crippen molar-refractivity contribution >= 4 is 17.8 Å². The topological polar surface area (TPSA) is 76.2 Å². The minimum atomic E-state index is -0.185. The zero-order valence-corrected chi connectivity index (χ0v) is 17.8. The first kappa shape index (κ1) is 22.7. The molecular formula is C22H32N2O5. The maximum atomic E-state index is 12.5. The van der Waals surface area contributed by atoms with Crippen LogP contribution in [-0.4, -0.2) is 67.0 Å². The van der Waals surface area contributed by atoms with Gasteiger partial charge in [0.15, 0.2) is 0 Å². The first-order valence-electron chi connectivity index (χ1n) is 10.2. The molecule has 1 fully saturated rings. The van der Waals surface area contributed by atoms with Crippen LogP contribution < -0.4 is 4.74 Å². The van der Waals surface area contributed by atoms with Crippen molar-refractivity contribution in [3.63, 3.8) is 0 Å². The molecule has 1 aliphatic heterocycles. The lowest BCUT2D eigenvalue weighted by atomic mass is 9.97. The van der Waals surface area contributed by atoms with E-state index in [0.29, 0.717) is 32.5 Å². The summed E-state index contributed by atoms with van der Waals surface area (Å²) in [7, 11) is 1.64. The molecule has 0 aromatic heterocycles. The Bertz CT molecular complexity index is 711. The van der Waals surface area contributed by atoms with Gasteiger partial charge in [-0.25, -0.2) is 0 Å². The van der Waals surface area contributed by atoms with Crippen LogP contribution in [0.4, 0.5) is 0 Å². The average molecular weight is 405 g/mol. The van der Waals surface area contributed by atoms with Crippen LogP contribution in [0.1, 0.15) is 39.2 Å². The molecule has 0 bridgehead atoms. The Hall–Kier alpha value is -2.57. The van der Waals surface area contributed by atoms with E-state index in [1.807, 2.05) is 38.1 Å². The fraction of sp³-hybridized carbons (Fsp3) is 0.591. The predicted molar refractivity (Wildman–Crippen MR) is 109 cm³/mol. The smallest absolute Gasteiger partial charge is 0.309 e. The van der Waals surface area contributed by atoms with Crippen LogP contribution in [-0.2, 0) is 25.5 Å². The number of hydrogen-bond donors (Lipinski definition) is 0. The number of piperidine rings is 1. The molecule has 7 heteroatoms. The third-order valence-corrected chi connectivity index (χ3v) is 4.89. The fourth-order valence-corrected chi connectivity index (χ4v) is 3.33. The highest BCUT2D eigenvalue weighted by molar-refractivity contribution is 5.86. The molecule has 0 radical (unpaired) electrons. The number of hydrogen-bond acceptors (Lipinski definition) is 5. The first-order chi connectivity index (χ1) is 13.8. The van der Waals surface area contributed by atoms with Crippen LogP contribution >= 0.6 is 0 Å². The van der Waals surface area contributed by atoms with Crippen molar-refractivity contribution < 1.29 is 23.9 Å². The molecule has 1 aromatic carbocycles. The Labute approximate surface area is 172 Å². The van der Waals surface area contributed by atoms with Crippen molar-refractivity contribution in [1.82, 2.24) is 9.80 Å². The molecule has 7 nitrogen and oxygen atoms in total. The Morgan fingerprint density at radius 2 is 1.90 bits per heavy atom. The van der Waals surface area contributed by atoms with Gasteiger partial charge >= 0.3 is 5.97 Å². The Morgan fingerprint density at radius 1 is 1.21 bits per heavy atom. The second kappa shape index (κ2) is 10.8. The number of esters is 1. The van der Waals surface area contributed by atoms with Gasteiger partial charge in [0.05, 0.1) is 31.6 Å². The predicted octanol–water partition coefficient (Wildman–Crippen LogP) is 2.28. The van der Waals surface area contributed by atoms with Gasteiger partial charge in [0.2, 0.25) is 11.8 Å². The molecule has 0 N–H and O–H groups in total. The Kier molecular flexibility index (Phi) is 8.49. The maximum Gasteiger partial charge on any atom is 0.309 e. The van der Waals surface area contributed by atoms with Gasteiger partial charge in [-0.3, -0.25) is 14.4 Å². The highest BCUT2D eigenvalue weighted by atomic mass is 16.5. The minimum absolute atomic E-state index is 0.0328. The van der Waals surface area contributed by atoms with Crippen LogP contribution in [0.5, 0.6) is 5.75 Å². The van der Waals surface area contributed by atoms with Gasteiger partial charge in [0, 0.05) is 20.1 Å². The lowest BCUT2D eigenvalue weighted by Gasteiger charge is -2.32. The molecule has 0 aliphatic carbocycles. The number of nitrogens with zero attached hydrogens (tertiary/aromatic N) is 2. The largest absolute Gasteiger partial charge is 0.491 e. The lowest BCUT2D eigenvalue weighted by Crippen LogP contribution is -2.45. The van der Waals surface area contributed by atoms with E-state index in [1.54, 1.807) is 18.9 Å². The summed E-state index contributed by atoms with van der Waals surface area (Å²) in [6.45, 7) is 7.12. The molecular weight excluding hydrogens is 372 g/mol. The van der Waals surface area contributed by atoms with Gasteiger partial charge in [-0.15, -0.1) is 0 Å². The van der Waals surface area contributed by atoms with Gasteiger partial charge in [0.1, 0.15) is 5.75 Å². The molecule has 0 unspecified atom stereocenters. The maximum absolute atomic E-state index is 12.5. The normalized spacial score (nSPS) is 14.6. The molecule has 29 heavy (non-hydrogen) atoms. The number of benzene rings is 1. The second-order valence-corrected chi connectivity index (χ2v) is 7.65. The Morgan fingerprint density at radius 3 is 2.52 bits per heavy atom. The third-order valence-electron chi connectivity index (χ3n) is 4.89. The molecule has 2 rings (SSSR count). The number of ether oxygens (including phenoxy) is 2. The van der Waals surface area contributed by atoms with E-state index >= 15 is 0 Å². The first-order valence-corrected chi connectivity index (χ1v) is 10.2. The number of likely N-dealkylation sites (tertiary alicyclic amines) is 1. The summed E-state index contributed by atoms with van der Waals surface area (Å²) in [4.78, 5) is 40.1. The monoisotopic (exact) mass is 404 g/mol. The van der Waals surface area contributed by atoms with E-state index in [-0.39, 0.29) is 42.8 Å². The number of likely N-dealkylation sites (N-methyl/N-ethyl adjacent to an activating group) is 1. The molecule has 0 saturated carbocycles. The van der Waals surface area contributed by atoms with E-state index in [2.05, 4.69) is 0 Å². The molecule has 0 atom stereocenters. The fourth-order valence-electron chi connectivity index (χ4n) is 3.33. The number of rotatable bonds is 8. The van der Waals surface area contributed by atoms with Crippen molar-refractivity contribution in [3.8, 4) is 5.75 Å². The van der Waals surface area contributed by atoms with Crippen LogP contribution in [0.25, 0.3) is 0 Å². The number of carbonyl (C=O) groups excluding carboxylic acids is 3. The van der Waals surface area contributed by atoms with Crippen molar-refractivity contribution in [1.29, 1.82) is 0 Å². The molecule has 1 heterocycles. The quantitative estimate of drug-likeness (QED) is 0.622. The van der Waals surface area contributed by atoms with Crippen LogP contribution in [0.3, 0.4) is 0 Å². The summed E-state index contributed by atoms with van der Waals surface area (Å²) in [6, 6.07) is 7.45. The van der Waals surface area contributed by atoms with Gasteiger partial charge in [0.25, 0.3) is 0 Å². The van der Waals surface area contributed by atoms with Gasteiger partial charge in [-0.1, -0.05) is 12.1 Å². The van der Waals surface area contributed by atoms with E-state index in [4.69, 9.17) is 9.47 Å². The molecule has 1 saturated heterocycles. The van der Waals surface area contributed by atoms with Crippen molar-refractivity contribution in [3.05, 3.63) is 29.8 Å². The van der Waals surface area contributed by atoms with E-state index in [9.17, 15) is 14.4 Å². The van der Waals surface area contributed by atoms with E-state index < -0.39 is 0 Å². The highest BCUT2D eigenvalue weighted by Crippen LogP contribution is 2.19. The van der Waals surface area contributed by atoms with Crippen LogP contribution in [0, 0.1) is 5.92 Å². The summed E-state index contributed by atoms with van der Waals surface area (Å²) in [5.41, 5.74) is 0.850. The highest BCUT2D eigenvalue weighted by Gasteiger charge is 2.28. The minimum Gasteiger partial charge on any atom is -0.491 e. The Balaban J connectivity index is 1.82. The molecule has 1 aromatic rings. The molecule has 160 valence electrons. The summed E-state index contributed by atoms with van der Waals surface area (Å²) in [6.07, 6.45) is 1.48. The zero-order valence-electron chi connectivity index (χ0n) is 17.8. The SMILES string of the molecule is CCOC(=O)C1CCN(C(=O)CN(C)C(=O)Cc2cccc(OC(C)C)c2)CC1. The number of carbonyl (C=O) groups is 3. The summed E-state index contributed by atoms with van der Waals surface area (Å²) < 4.78 is 10.7. The molecule has 0 spiro atoms. The summed E-state index contributed by atoms with van der Waals surface area (Å²) >= 11 is 0. The summed E-state index contributed by atoms with van der Waals surface area (Å²) in [5.74, 6) is 0.185. The third kappa shape index (κ3) is 7.07. The second-order valence-electron chi connectivity index (χ2n) is 7.65. The lowest BCUT2D eigenvalue weighted by molar-refractivity contribution is -0.151. The van der Waals surface area contributed by atoms with Crippen LogP contribution in [0.15, 0.2) is 24.3 Å².